The molecule has 1 saturated heterocycles. The molecule has 3 heterocycles. The van der Waals surface area contributed by atoms with E-state index in [0.29, 0.717) is 33.8 Å². The Morgan fingerprint density at radius 1 is 1.16 bits per heavy atom. The Hall–Kier alpha value is -3.47. The van der Waals surface area contributed by atoms with Gasteiger partial charge in [0, 0.05) is 37.7 Å². The third-order valence-electron chi connectivity index (χ3n) is 6.73. The van der Waals surface area contributed by atoms with Crippen LogP contribution in [0.4, 0.5) is 24.7 Å². The van der Waals surface area contributed by atoms with Crippen molar-refractivity contribution in [2.45, 2.75) is 51.7 Å². The van der Waals surface area contributed by atoms with Crippen molar-refractivity contribution < 1.29 is 18.0 Å². The van der Waals surface area contributed by atoms with Crippen molar-refractivity contribution >= 4 is 28.4 Å². The average molecular weight is 517 g/mol. The molecule has 0 aliphatic carbocycles. The number of fused-ring (bicyclic) bond motifs is 1. The van der Waals surface area contributed by atoms with E-state index in [1.807, 2.05) is 13.1 Å². The van der Waals surface area contributed by atoms with Crippen LogP contribution in [0.5, 0.6) is 0 Å². The summed E-state index contributed by atoms with van der Waals surface area (Å²) in [5.74, 6) is 0.446. The predicted octanol–water partition coefficient (Wildman–Crippen LogP) is 4.60. The molecule has 1 aliphatic heterocycles. The number of rotatable bonds is 5. The van der Waals surface area contributed by atoms with E-state index in [4.69, 9.17) is 0 Å². The van der Waals surface area contributed by atoms with Gasteiger partial charge >= 0.3 is 6.18 Å². The smallest absolute Gasteiger partial charge is 0.363 e. The van der Waals surface area contributed by atoms with E-state index in [2.05, 4.69) is 25.5 Å². The maximum absolute atomic E-state index is 13.6. The average Bonchev–Trinajstić information content (AvgIpc) is 2.80. The first-order chi connectivity index (χ1) is 17.3. The highest BCUT2D eigenvalue weighted by Gasteiger charge is 2.32. The van der Waals surface area contributed by atoms with Gasteiger partial charge in [0.25, 0.3) is 5.56 Å². The zero-order chi connectivity index (χ0) is 27.1. The fourth-order valence-corrected chi connectivity index (χ4v) is 4.91. The van der Waals surface area contributed by atoms with Crippen molar-refractivity contribution in [3.63, 3.8) is 0 Å². The number of likely N-dealkylation sites (tertiary alicyclic amines) is 1. The molecule has 198 valence electrons. The number of amides is 1. The Kier molecular flexibility index (Phi) is 7.27. The summed E-state index contributed by atoms with van der Waals surface area (Å²) in [6, 6.07) is 4.69. The van der Waals surface area contributed by atoms with Crippen LogP contribution in [-0.4, -0.2) is 45.5 Å². The Bertz CT molecular complexity index is 1400. The minimum Gasteiger partial charge on any atom is -0.363 e. The molecule has 8 nitrogen and oxygen atoms in total. The summed E-state index contributed by atoms with van der Waals surface area (Å²) in [5.41, 5.74) is 0.530. The molecule has 0 radical (unpaired) electrons. The van der Waals surface area contributed by atoms with Crippen LogP contribution in [0.3, 0.4) is 0 Å². The number of carbonyl (C=O) groups excluding carboxylic acids is 1. The van der Waals surface area contributed by atoms with Gasteiger partial charge in [0.2, 0.25) is 5.91 Å². The maximum atomic E-state index is 13.6. The number of benzene rings is 1. The van der Waals surface area contributed by atoms with Gasteiger partial charge in [0.1, 0.15) is 17.3 Å². The van der Waals surface area contributed by atoms with Crippen molar-refractivity contribution in [1.82, 2.24) is 19.4 Å². The molecule has 0 bridgehead atoms. The Morgan fingerprint density at radius 3 is 2.54 bits per heavy atom. The van der Waals surface area contributed by atoms with Crippen LogP contribution < -0.4 is 16.2 Å². The van der Waals surface area contributed by atoms with Crippen molar-refractivity contribution in [2.24, 2.45) is 7.05 Å². The number of hydrogen-bond donors (Lipinski definition) is 2. The first kappa shape index (κ1) is 26.6. The van der Waals surface area contributed by atoms with Crippen molar-refractivity contribution in [1.29, 1.82) is 0 Å². The minimum absolute atomic E-state index is 0.0563. The van der Waals surface area contributed by atoms with Gasteiger partial charge in [0.15, 0.2) is 0 Å². The quantitative estimate of drug-likeness (QED) is 0.515. The lowest BCUT2D eigenvalue weighted by atomic mass is 9.91. The predicted molar refractivity (Wildman–Crippen MR) is 137 cm³/mol. The molecule has 1 unspecified atom stereocenters. The lowest BCUT2D eigenvalue weighted by Crippen LogP contribution is -2.34. The zero-order valence-electron chi connectivity index (χ0n) is 21.5. The highest BCUT2D eigenvalue weighted by molar-refractivity contribution is 5.89. The van der Waals surface area contributed by atoms with E-state index in [0.717, 1.165) is 38.1 Å². The molecule has 37 heavy (non-hydrogen) atoms. The zero-order valence-corrected chi connectivity index (χ0v) is 21.5. The van der Waals surface area contributed by atoms with Gasteiger partial charge in [-0.3, -0.25) is 14.2 Å². The lowest BCUT2D eigenvalue weighted by Gasteiger charge is -2.30. The van der Waals surface area contributed by atoms with E-state index in [-0.39, 0.29) is 17.2 Å². The topological polar surface area (TPSA) is 92.2 Å². The number of aromatic nitrogens is 3. The van der Waals surface area contributed by atoms with Crippen LogP contribution in [0.1, 0.15) is 61.2 Å². The second-order valence-electron chi connectivity index (χ2n) is 9.81. The van der Waals surface area contributed by atoms with Gasteiger partial charge in [-0.05, 0) is 70.1 Å². The summed E-state index contributed by atoms with van der Waals surface area (Å²) in [6.07, 6.45) is -2.70. The summed E-state index contributed by atoms with van der Waals surface area (Å²) >= 11 is 0. The summed E-state index contributed by atoms with van der Waals surface area (Å²) in [7, 11) is 3.70. The molecule has 1 aliphatic rings. The van der Waals surface area contributed by atoms with Gasteiger partial charge in [-0.1, -0.05) is 0 Å². The van der Waals surface area contributed by atoms with Crippen LogP contribution in [-0.2, 0) is 18.0 Å². The second-order valence-corrected chi connectivity index (χ2v) is 9.81. The Balaban J connectivity index is 1.78. The molecule has 2 aromatic heterocycles. The number of carbonyl (C=O) groups is 1. The number of anilines is 2. The minimum atomic E-state index is -4.58. The largest absolute Gasteiger partial charge is 0.416 e. The van der Waals surface area contributed by atoms with Gasteiger partial charge in [0.05, 0.1) is 17.0 Å². The monoisotopic (exact) mass is 516 g/mol. The second kappa shape index (κ2) is 10.1. The Labute approximate surface area is 212 Å². The van der Waals surface area contributed by atoms with Crippen LogP contribution in [0, 0.1) is 6.92 Å². The summed E-state index contributed by atoms with van der Waals surface area (Å²) < 4.78 is 42.3. The highest BCUT2D eigenvalue weighted by atomic mass is 19.4. The molecule has 0 saturated carbocycles. The van der Waals surface area contributed by atoms with E-state index in [1.165, 1.54) is 17.6 Å². The maximum Gasteiger partial charge on any atom is 0.416 e. The van der Waals surface area contributed by atoms with Crippen LogP contribution in [0.15, 0.2) is 29.1 Å². The number of halogens is 3. The third-order valence-corrected chi connectivity index (χ3v) is 6.73. The number of aryl methyl sites for hydroxylation is 2. The number of pyridine rings is 1. The van der Waals surface area contributed by atoms with Crippen LogP contribution >= 0.6 is 0 Å². The van der Waals surface area contributed by atoms with Gasteiger partial charge in [-0.2, -0.15) is 13.2 Å². The molecule has 4 rings (SSSR count). The first-order valence-electron chi connectivity index (χ1n) is 12.2. The molecule has 1 fully saturated rings. The Morgan fingerprint density at radius 2 is 1.89 bits per heavy atom. The first-order valence-corrected chi connectivity index (χ1v) is 12.2. The van der Waals surface area contributed by atoms with Gasteiger partial charge < -0.3 is 15.5 Å². The fourth-order valence-electron chi connectivity index (χ4n) is 4.91. The highest BCUT2D eigenvalue weighted by Crippen LogP contribution is 2.35. The van der Waals surface area contributed by atoms with Gasteiger partial charge in [-0.15, -0.1) is 0 Å². The summed E-state index contributed by atoms with van der Waals surface area (Å²) in [5, 5.41) is 6.29. The van der Waals surface area contributed by atoms with Crippen LogP contribution in [0.2, 0.25) is 0 Å². The van der Waals surface area contributed by atoms with Crippen molar-refractivity contribution in [3.8, 4) is 0 Å². The van der Waals surface area contributed by atoms with Crippen molar-refractivity contribution in [2.75, 3.05) is 30.8 Å². The molecule has 1 aromatic carbocycles. The van der Waals surface area contributed by atoms with Crippen molar-refractivity contribution in [3.05, 3.63) is 57.1 Å². The summed E-state index contributed by atoms with van der Waals surface area (Å²) in [4.78, 5) is 36.0. The molecule has 0 spiro atoms. The standard InChI is InChI=1S/C26H31F3N6O2/c1-14(18-9-19(26(27,28)29)11-20(10-18)33-16(3)36)30-23-22-12-21(17-7-6-8-34(4)13-17)25(37)35(5)24(22)32-15(2)31-23/h9-12,14,17H,6-8,13H2,1-5H3,(H,33,36)(H,30,31,32)/t14-,17?/m1/s1. The van der Waals surface area contributed by atoms with E-state index in [9.17, 15) is 22.8 Å². The number of likely N-dealkylation sites (N-methyl/N-ethyl adjacent to an activating group) is 1. The molecule has 2 N–H and O–H groups in total. The SMILES string of the molecule is CC(=O)Nc1cc([C@@H](C)Nc2nc(C)nc3c2cc(C2CCCN(C)C2)c(=O)n3C)cc(C(F)(F)F)c1. The number of nitrogens with one attached hydrogen (secondary N) is 2. The number of piperidine rings is 1. The molecule has 3 aromatic rings. The number of nitrogens with zero attached hydrogens (tertiary/aromatic N) is 4. The molecule has 2 atom stereocenters. The molecular formula is C26H31F3N6O2. The van der Waals surface area contributed by atoms with E-state index in [1.54, 1.807) is 20.9 Å². The fraction of sp³-hybridized carbons (Fsp3) is 0.462. The number of alkyl halides is 3. The molecule has 11 heteroatoms. The van der Waals surface area contributed by atoms with Gasteiger partial charge in [-0.25, -0.2) is 9.97 Å². The summed E-state index contributed by atoms with van der Waals surface area (Å²) in [6.45, 7) is 6.40. The van der Waals surface area contributed by atoms with E-state index < -0.39 is 23.7 Å². The normalized spacial score (nSPS) is 17.6. The lowest BCUT2D eigenvalue weighted by molar-refractivity contribution is -0.137. The number of hydrogen-bond acceptors (Lipinski definition) is 6. The van der Waals surface area contributed by atoms with E-state index >= 15 is 0 Å². The third kappa shape index (κ3) is 5.76. The van der Waals surface area contributed by atoms with Crippen LogP contribution in [0.25, 0.3) is 11.0 Å². The molecule has 1 amide bonds. The molecular weight excluding hydrogens is 485 g/mol.